The molecule has 9 heavy (non-hydrogen) atoms. The Morgan fingerprint density at radius 1 is 1.89 bits per heavy atom. The van der Waals surface area contributed by atoms with Crippen LogP contribution in [0.4, 0.5) is 0 Å². The third-order valence-corrected chi connectivity index (χ3v) is 0.687. The summed E-state index contributed by atoms with van der Waals surface area (Å²) < 4.78 is 4.25. The lowest BCUT2D eigenvalue weighted by molar-refractivity contribution is 0.0666. The van der Waals surface area contributed by atoms with Gasteiger partial charge in [0, 0.05) is 5.27 Å². The first-order valence-electron chi connectivity index (χ1n) is 2.06. The Balaban J connectivity index is 2.77. The summed E-state index contributed by atoms with van der Waals surface area (Å²) in [7, 11) is 0. The highest BCUT2D eigenvalue weighted by Crippen LogP contribution is 1.90. The zero-order valence-electron chi connectivity index (χ0n) is 4.24. The van der Waals surface area contributed by atoms with E-state index in [9.17, 15) is 4.79 Å². The van der Waals surface area contributed by atoms with E-state index in [4.69, 9.17) is 5.21 Å². The van der Waals surface area contributed by atoms with Crippen molar-refractivity contribution in [3.8, 4) is 0 Å². The van der Waals surface area contributed by atoms with Gasteiger partial charge in [-0.1, -0.05) is 0 Å². The van der Waals surface area contributed by atoms with Gasteiger partial charge in [0.05, 0.1) is 0 Å². The van der Waals surface area contributed by atoms with Crippen molar-refractivity contribution in [2.75, 3.05) is 0 Å². The number of nitrogens with zero attached hydrogens (tertiary/aromatic N) is 2. The molecule has 48 valence electrons. The Bertz CT molecular complexity index is 194. The molecule has 2 N–H and O–H groups in total. The fraction of sp³-hybridized carbons (Fsp3) is 0. The molecule has 6 nitrogen and oxygen atoms in total. The van der Waals surface area contributed by atoms with Crippen LogP contribution >= 0.6 is 0 Å². The summed E-state index contributed by atoms with van der Waals surface area (Å²) in [6, 6.07) is 0. The average molecular weight is 129 g/mol. The highest BCUT2D eigenvalue weighted by molar-refractivity contribution is 5.89. The summed E-state index contributed by atoms with van der Waals surface area (Å²) in [6.07, 6.45) is 1.09. The molecule has 0 bridgehead atoms. The molecule has 1 aromatic heterocycles. The monoisotopic (exact) mass is 129 g/mol. The van der Waals surface area contributed by atoms with E-state index in [1.807, 2.05) is 0 Å². The Morgan fingerprint density at radius 3 is 3.11 bits per heavy atom. The third kappa shape index (κ3) is 1.03. The van der Waals surface area contributed by atoms with Crippen molar-refractivity contribution in [1.29, 1.82) is 0 Å². The van der Waals surface area contributed by atoms with Crippen molar-refractivity contribution in [3.05, 3.63) is 12.0 Å². The van der Waals surface area contributed by atoms with Crippen LogP contribution in [0.25, 0.3) is 0 Å². The minimum atomic E-state index is -0.764. The van der Waals surface area contributed by atoms with E-state index in [1.54, 1.807) is 0 Å². The van der Waals surface area contributed by atoms with Crippen LogP contribution in [0.3, 0.4) is 0 Å². The van der Waals surface area contributed by atoms with E-state index in [1.165, 1.54) is 5.48 Å². The summed E-state index contributed by atoms with van der Waals surface area (Å²) in [6.45, 7) is 0. The molecule has 0 radical (unpaired) electrons. The number of hydrogen-bond donors (Lipinski definition) is 2. The van der Waals surface area contributed by atoms with Crippen LogP contribution in [0.1, 0.15) is 10.6 Å². The van der Waals surface area contributed by atoms with Gasteiger partial charge in [-0.3, -0.25) is 10.0 Å². The Hall–Kier alpha value is -1.43. The summed E-state index contributed by atoms with van der Waals surface area (Å²) in [5.41, 5.74) is 1.35. The van der Waals surface area contributed by atoms with E-state index < -0.39 is 5.91 Å². The van der Waals surface area contributed by atoms with Crippen molar-refractivity contribution < 1.29 is 14.5 Å². The number of nitrogens with one attached hydrogen (secondary N) is 1. The van der Waals surface area contributed by atoms with Crippen molar-refractivity contribution in [1.82, 2.24) is 15.9 Å². The first-order valence-corrected chi connectivity index (χ1v) is 2.06. The lowest BCUT2D eigenvalue weighted by atomic mass is 10.5. The van der Waals surface area contributed by atoms with E-state index >= 15 is 0 Å². The van der Waals surface area contributed by atoms with Crippen molar-refractivity contribution in [3.63, 3.8) is 0 Å². The highest BCUT2D eigenvalue weighted by atomic mass is 16.5. The minimum Gasteiger partial charge on any atom is -0.332 e. The predicted octanol–water partition coefficient (Wildman–Crippen LogP) is -0.811. The molecule has 0 saturated heterocycles. The molecule has 0 unspecified atom stereocenters. The molecule has 1 rings (SSSR count). The average Bonchev–Trinajstić information content (AvgIpc) is 2.37. The maximum atomic E-state index is 10.3. The normalized spacial score (nSPS) is 9.00. The molecule has 0 atom stereocenters. The lowest BCUT2D eigenvalue weighted by Crippen LogP contribution is -2.17. The topological polar surface area (TPSA) is 88.2 Å². The van der Waals surface area contributed by atoms with E-state index in [0.29, 0.717) is 0 Å². The SMILES string of the molecule is O=C(NO)c1cnno1. The largest absolute Gasteiger partial charge is 0.332 e. The van der Waals surface area contributed by atoms with Gasteiger partial charge in [-0.15, -0.1) is 5.10 Å². The Morgan fingerprint density at radius 2 is 2.67 bits per heavy atom. The number of aromatic nitrogens is 2. The van der Waals surface area contributed by atoms with Gasteiger partial charge in [0.1, 0.15) is 6.20 Å². The van der Waals surface area contributed by atoms with Crippen molar-refractivity contribution in [2.45, 2.75) is 0 Å². The minimum absolute atomic E-state index is 0.127. The maximum Gasteiger partial charge on any atom is 0.314 e. The first-order chi connectivity index (χ1) is 4.34. The van der Waals surface area contributed by atoms with Gasteiger partial charge in [-0.2, -0.15) is 0 Å². The second-order valence-electron chi connectivity index (χ2n) is 1.22. The molecule has 0 aliphatic carbocycles. The quantitative estimate of drug-likeness (QED) is 0.382. The van der Waals surface area contributed by atoms with Gasteiger partial charge in [0.15, 0.2) is 0 Å². The first kappa shape index (κ1) is 5.70. The predicted molar refractivity (Wildman–Crippen MR) is 23.6 cm³/mol. The van der Waals surface area contributed by atoms with Crippen LogP contribution in [0.5, 0.6) is 0 Å². The van der Waals surface area contributed by atoms with Gasteiger partial charge >= 0.3 is 5.91 Å². The van der Waals surface area contributed by atoms with E-state index in [2.05, 4.69) is 14.9 Å². The second-order valence-corrected chi connectivity index (χ2v) is 1.22. The maximum absolute atomic E-state index is 10.3. The van der Waals surface area contributed by atoms with Crippen LogP contribution in [-0.4, -0.2) is 21.5 Å². The van der Waals surface area contributed by atoms with Gasteiger partial charge in [-0.05, 0) is 0 Å². The molecular weight excluding hydrogens is 126 g/mol. The molecule has 1 heterocycles. The number of hydrogen-bond acceptors (Lipinski definition) is 5. The molecule has 0 aromatic carbocycles. The van der Waals surface area contributed by atoms with Gasteiger partial charge in [0.2, 0.25) is 5.76 Å². The summed E-state index contributed by atoms with van der Waals surface area (Å²) >= 11 is 0. The molecule has 1 amide bonds. The van der Waals surface area contributed by atoms with Crippen LogP contribution in [-0.2, 0) is 0 Å². The van der Waals surface area contributed by atoms with E-state index in [0.717, 1.165) is 6.20 Å². The van der Waals surface area contributed by atoms with Gasteiger partial charge < -0.3 is 4.52 Å². The summed E-state index contributed by atoms with van der Waals surface area (Å²) in [4.78, 5) is 10.3. The molecule has 1 aromatic rings. The fourth-order valence-electron chi connectivity index (χ4n) is 0.322. The Labute approximate surface area is 49.4 Å². The zero-order chi connectivity index (χ0) is 6.69. The van der Waals surface area contributed by atoms with E-state index in [-0.39, 0.29) is 5.76 Å². The molecule has 0 saturated carbocycles. The molecule has 0 fully saturated rings. The second kappa shape index (κ2) is 2.23. The van der Waals surface area contributed by atoms with Crippen LogP contribution in [0.2, 0.25) is 0 Å². The summed E-state index contributed by atoms with van der Waals surface area (Å²) in [5.74, 6) is -0.891. The fourth-order valence-corrected chi connectivity index (χ4v) is 0.322. The third-order valence-electron chi connectivity index (χ3n) is 0.687. The number of carbonyl (C=O) groups excluding carboxylic acids is 1. The number of amides is 1. The number of hydroxylamine groups is 1. The molecule has 6 heteroatoms. The van der Waals surface area contributed by atoms with Crippen molar-refractivity contribution in [2.24, 2.45) is 0 Å². The van der Waals surface area contributed by atoms with Gasteiger partial charge in [0.25, 0.3) is 0 Å². The standard InChI is InChI=1S/C3H3N3O3/c7-3(5-8)2-1-4-6-9-2/h1,8H,(H,5,7). The number of rotatable bonds is 1. The van der Waals surface area contributed by atoms with Gasteiger partial charge in [-0.25, -0.2) is 5.48 Å². The molecule has 0 aliphatic heterocycles. The lowest BCUT2D eigenvalue weighted by Gasteiger charge is -1.86. The van der Waals surface area contributed by atoms with Crippen LogP contribution in [0, 0.1) is 0 Å². The van der Waals surface area contributed by atoms with Crippen LogP contribution < -0.4 is 5.48 Å². The Kier molecular flexibility index (Phi) is 1.41. The summed E-state index contributed by atoms with van der Waals surface area (Å²) in [5, 5.41) is 14.2. The zero-order valence-corrected chi connectivity index (χ0v) is 4.24. The van der Waals surface area contributed by atoms with Crippen LogP contribution in [0.15, 0.2) is 10.7 Å². The molecule has 0 aliphatic rings. The van der Waals surface area contributed by atoms with Crippen molar-refractivity contribution >= 4 is 5.91 Å². The molecule has 0 spiro atoms. The highest BCUT2D eigenvalue weighted by Gasteiger charge is 2.07. The molecular formula is C3H3N3O3. The number of carbonyl (C=O) groups is 1. The smallest absolute Gasteiger partial charge is 0.314 e.